The Hall–Kier alpha value is -0.900. The number of thiocarbonyl (C=S) groups is 1. The fourth-order valence-electron chi connectivity index (χ4n) is 1.71. The third-order valence-corrected chi connectivity index (χ3v) is 2.95. The van der Waals surface area contributed by atoms with Gasteiger partial charge in [0.05, 0.1) is 16.7 Å². The predicted octanol–water partition coefficient (Wildman–Crippen LogP) is 1.91. The second kappa shape index (κ2) is 4.09. The zero-order valence-corrected chi connectivity index (χ0v) is 9.98. The molecule has 0 bridgehead atoms. The van der Waals surface area contributed by atoms with E-state index in [9.17, 15) is 0 Å². The lowest BCUT2D eigenvalue weighted by Crippen LogP contribution is -2.23. The summed E-state index contributed by atoms with van der Waals surface area (Å²) in [6.07, 6.45) is 1.00. The summed E-state index contributed by atoms with van der Waals surface area (Å²) in [6, 6.07) is 0.00370. The molecule has 0 radical (unpaired) electrons. The van der Waals surface area contributed by atoms with Crippen molar-refractivity contribution in [2.24, 2.45) is 5.73 Å². The van der Waals surface area contributed by atoms with E-state index in [4.69, 9.17) is 18.0 Å². The van der Waals surface area contributed by atoms with E-state index in [-0.39, 0.29) is 6.04 Å². The molecule has 0 amide bonds. The molecular formula is C10H17N3S. The lowest BCUT2D eigenvalue weighted by atomic mass is 10.1. The first-order chi connectivity index (χ1) is 6.49. The average molecular weight is 211 g/mol. The normalized spacial score (nSPS) is 12.9. The third-order valence-electron chi connectivity index (χ3n) is 2.61. The number of rotatable bonds is 3. The third kappa shape index (κ3) is 1.80. The van der Waals surface area contributed by atoms with Crippen LogP contribution in [0.2, 0.25) is 0 Å². The van der Waals surface area contributed by atoms with Crippen LogP contribution in [0.5, 0.6) is 0 Å². The van der Waals surface area contributed by atoms with Gasteiger partial charge in [0, 0.05) is 5.69 Å². The quantitative estimate of drug-likeness (QED) is 0.777. The van der Waals surface area contributed by atoms with Gasteiger partial charge in [0.25, 0.3) is 0 Å². The van der Waals surface area contributed by atoms with Crippen LogP contribution in [0, 0.1) is 13.8 Å². The van der Waals surface area contributed by atoms with Crippen molar-refractivity contribution in [1.29, 1.82) is 0 Å². The summed E-state index contributed by atoms with van der Waals surface area (Å²) in [5.74, 6) is 0. The number of nitrogens with zero attached hydrogens (tertiary/aromatic N) is 2. The number of hydrogen-bond donors (Lipinski definition) is 1. The molecule has 0 aromatic carbocycles. The maximum absolute atomic E-state index is 5.61. The van der Waals surface area contributed by atoms with E-state index in [2.05, 4.69) is 18.9 Å². The molecule has 1 rings (SSSR count). The van der Waals surface area contributed by atoms with Crippen LogP contribution in [-0.2, 0) is 6.42 Å². The molecular weight excluding hydrogens is 194 g/mol. The standard InChI is InChI=1S/C10H17N3S/c1-5-9-6(2)12-13(7(9)3)8(4)10(11)14/h8H,5H2,1-4H3,(H2,11,14). The first-order valence-corrected chi connectivity index (χ1v) is 5.23. The second-order valence-electron chi connectivity index (χ2n) is 3.53. The van der Waals surface area contributed by atoms with Gasteiger partial charge in [0.2, 0.25) is 0 Å². The summed E-state index contributed by atoms with van der Waals surface area (Å²) in [6.45, 7) is 8.19. The Balaban J connectivity index is 3.17. The summed E-state index contributed by atoms with van der Waals surface area (Å²) >= 11 is 4.97. The van der Waals surface area contributed by atoms with Crippen molar-refractivity contribution in [3.8, 4) is 0 Å². The Morgan fingerprint density at radius 3 is 2.50 bits per heavy atom. The molecule has 1 aromatic rings. The van der Waals surface area contributed by atoms with E-state index >= 15 is 0 Å². The molecule has 2 N–H and O–H groups in total. The smallest absolute Gasteiger partial charge is 0.0992 e. The fourth-order valence-corrected chi connectivity index (χ4v) is 1.81. The average Bonchev–Trinajstić information content (AvgIpc) is 2.40. The highest BCUT2D eigenvalue weighted by molar-refractivity contribution is 7.80. The molecule has 0 saturated heterocycles. The Kier molecular flexibility index (Phi) is 3.26. The number of aromatic nitrogens is 2. The summed E-state index contributed by atoms with van der Waals surface area (Å²) in [5, 5.41) is 4.45. The van der Waals surface area contributed by atoms with Crippen molar-refractivity contribution in [2.75, 3.05) is 0 Å². The molecule has 14 heavy (non-hydrogen) atoms. The minimum atomic E-state index is 0.00370. The van der Waals surface area contributed by atoms with Gasteiger partial charge in [0.1, 0.15) is 0 Å². The van der Waals surface area contributed by atoms with Crippen LogP contribution >= 0.6 is 12.2 Å². The van der Waals surface area contributed by atoms with Crippen LogP contribution in [-0.4, -0.2) is 14.8 Å². The van der Waals surface area contributed by atoms with Gasteiger partial charge in [-0.15, -0.1) is 0 Å². The molecule has 0 aliphatic rings. The zero-order chi connectivity index (χ0) is 10.9. The Morgan fingerprint density at radius 2 is 2.14 bits per heavy atom. The molecule has 0 spiro atoms. The molecule has 4 heteroatoms. The summed E-state index contributed by atoms with van der Waals surface area (Å²) in [7, 11) is 0. The summed E-state index contributed by atoms with van der Waals surface area (Å²) in [4.78, 5) is 0.484. The minimum absolute atomic E-state index is 0.00370. The van der Waals surface area contributed by atoms with Crippen LogP contribution < -0.4 is 5.73 Å². The molecule has 0 aliphatic heterocycles. The fraction of sp³-hybridized carbons (Fsp3) is 0.600. The Bertz CT molecular complexity index is 354. The molecule has 1 heterocycles. The van der Waals surface area contributed by atoms with Gasteiger partial charge in [-0.25, -0.2) is 0 Å². The van der Waals surface area contributed by atoms with Gasteiger partial charge < -0.3 is 5.73 Å². The van der Waals surface area contributed by atoms with Gasteiger partial charge in [-0.05, 0) is 32.8 Å². The number of hydrogen-bond acceptors (Lipinski definition) is 2. The molecule has 3 nitrogen and oxygen atoms in total. The van der Waals surface area contributed by atoms with Crippen molar-refractivity contribution >= 4 is 17.2 Å². The lowest BCUT2D eigenvalue weighted by molar-refractivity contribution is 0.588. The molecule has 0 aliphatic carbocycles. The van der Waals surface area contributed by atoms with Crippen LogP contribution in [0.25, 0.3) is 0 Å². The van der Waals surface area contributed by atoms with Crippen molar-refractivity contribution < 1.29 is 0 Å². The maximum Gasteiger partial charge on any atom is 0.0992 e. The van der Waals surface area contributed by atoms with Crippen LogP contribution in [0.3, 0.4) is 0 Å². The Morgan fingerprint density at radius 1 is 1.57 bits per heavy atom. The van der Waals surface area contributed by atoms with Gasteiger partial charge in [-0.2, -0.15) is 5.10 Å². The van der Waals surface area contributed by atoms with E-state index in [1.165, 1.54) is 11.3 Å². The molecule has 0 saturated carbocycles. The van der Waals surface area contributed by atoms with Crippen LogP contribution in [0.15, 0.2) is 0 Å². The number of nitrogens with two attached hydrogens (primary N) is 1. The molecule has 1 aromatic heterocycles. The van der Waals surface area contributed by atoms with Crippen LogP contribution in [0.1, 0.15) is 36.8 Å². The minimum Gasteiger partial charge on any atom is -0.392 e. The highest BCUT2D eigenvalue weighted by Crippen LogP contribution is 2.17. The maximum atomic E-state index is 5.61. The van der Waals surface area contributed by atoms with E-state index in [0.29, 0.717) is 4.99 Å². The highest BCUT2D eigenvalue weighted by Gasteiger charge is 2.15. The summed E-state index contributed by atoms with van der Waals surface area (Å²) < 4.78 is 1.91. The first-order valence-electron chi connectivity index (χ1n) is 4.82. The van der Waals surface area contributed by atoms with Crippen LogP contribution in [0.4, 0.5) is 0 Å². The molecule has 78 valence electrons. The lowest BCUT2D eigenvalue weighted by Gasteiger charge is -2.12. The monoisotopic (exact) mass is 211 g/mol. The van der Waals surface area contributed by atoms with Gasteiger partial charge in [-0.1, -0.05) is 19.1 Å². The second-order valence-corrected chi connectivity index (χ2v) is 4.00. The van der Waals surface area contributed by atoms with Crippen molar-refractivity contribution in [1.82, 2.24) is 9.78 Å². The molecule has 0 fully saturated rings. The SMILES string of the molecule is CCc1c(C)nn(C(C)C(N)=S)c1C. The molecule has 1 unspecified atom stereocenters. The van der Waals surface area contributed by atoms with Gasteiger partial charge in [-0.3, -0.25) is 4.68 Å². The molecule has 1 atom stereocenters. The van der Waals surface area contributed by atoms with Crippen molar-refractivity contribution in [2.45, 2.75) is 40.2 Å². The Labute approximate surface area is 90.3 Å². The van der Waals surface area contributed by atoms with E-state index in [1.54, 1.807) is 0 Å². The first kappa shape index (κ1) is 11.2. The van der Waals surface area contributed by atoms with E-state index in [0.717, 1.165) is 12.1 Å². The predicted molar refractivity (Wildman–Crippen MR) is 62.6 cm³/mol. The zero-order valence-electron chi connectivity index (χ0n) is 9.16. The topological polar surface area (TPSA) is 43.8 Å². The van der Waals surface area contributed by atoms with Gasteiger partial charge >= 0.3 is 0 Å². The van der Waals surface area contributed by atoms with Gasteiger partial charge in [0.15, 0.2) is 0 Å². The van der Waals surface area contributed by atoms with E-state index < -0.39 is 0 Å². The van der Waals surface area contributed by atoms with E-state index in [1.807, 2.05) is 18.5 Å². The van der Waals surface area contributed by atoms with Crippen molar-refractivity contribution in [3.05, 3.63) is 17.0 Å². The highest BCUT2D eigenvalue weighted by atomic mass is 32.1. The summed E-state index contributed by atoms with van der Waals surface area (Å²) in [5.41, 5.74) is 9.16. The largest absolute Gasteiger partial charge is 0.392 e. The van der Waals surface area contributed by atoms with Crippen molar-refractivity contribution in [3.63, 3.8) is 0 Å². The number of aryl methyl sites for hydroxylation is 1.